The predicted molar refractivity (Wildman–Crippen MR) is 85.4 cm³/mol. The summed E-state index contributed by atoms with van der Waals surface area (Å²) >= 11 is 1.15. The van der Waals surface area contributed by atoms with E-state index in [0.717, 1.165) is 37.3 Å². The molecule has 2 aliphatic heterocycles. The topological polar surface area (TPSA) is 83.7 Å². The van der Waals surface area contributed by atoms with Crippen molar-refractivity contribution in [2.24, 2.45) is 5.14 Å². The Balaban J connectivity index is 1.76. The number of piperidine rings is 1. The van der Waals surface area contributed by atoms with E-state index in [1.54, 1.807) is 10.3 Å². The third-order valence-electron chi connectivity index (χ3n) is 4.47. The fourth-order valence-electron chi connectivity index (χ4n) is 3.37. The van der Waals surface area contributed by atoms with Crippen LogP contribution in [0.3, 0.4) is 0 Å². The van der Waals surface area contributed by atoms with Crippen molar-refractivity contribution in [2.75, 3.05) is 26.2 Å². The summed E-state index contributed by atoms with van der Waals surface area (Å²) in [6.45, 7) is 3.58. The Morgan fingerprint density at radius 2 is 1.95 bits per heavy atom. The van der Waals surface area contributed by atoms with Crippen LogP contribution in [-0.4, -0.2) is 56.3 Å². The molecule has 0 spiro atoms. The van der Waals surface area contributed by atoms with Crippen molar-refractivity contribution in [3.63, 3.8) is 0 Å². The van der Waals surface area contributed by atoms with E-state index in [4.69, 9.17) is 5.14 Å². The molecule has 22 heavy (non-hydrogen) atoms. The van der Waals surface area contributed by atoms with E-state index >= 15 is 0 Å². The highest BCUT2D eigenvalue weighted by Crippen LogP contribution is 2.26. The summed E-state index contributed by atoms with van der Waals surface area (Å²) in [7, 11) is -3.85. The van der Waals surface area contributed by atoms with Gasteiger partial charge in [-0.25, -0.2) is 13.6 Å². The van der Waals surface area contributed by atoms with Crippen LogP contribution >= 0.6 is 11.3 Å². The number of nitrogens with two attached hydrogens (primary N) is 1. The van der Waals surface area contributed by atoms with Crippen LogP contribution in [-0.2, 0) is 10.0 Å². The van der Waals surface area contributed by atoms with Crippen molar-refractivity contribution in [3.05, 3.63) is 16.3 Å². The summed E-state index contributed by atoms with van der Waals surface area (Å²) in [5.41, 5.74) is 0. The smallest absolute Gasteiger partial charge is 0.265 e. The lowest BCUT2D eigenvalue weighted by Gasteiger charge is -2.37. The zero-order valence-electron chi connectivity index (χ0n) is 12.4. The Hall–Kier alpha value is -0.960. The lowest BCUT2D eigenvalue weighted by Crippen LogP contribution is -2.49. The van der Waals surface area contributed by atoms with Gasteiger partial charge in [0.25, 0.3) is 5.91 Å². The van der Waals surface area contributed by atoms with Crippen molar-refractivity contribution in [1.29, 1.82) is 0 Å². The zero-order valence-corrected chi connectivity index (χ0v) is 14.0. The molecule has 1 amide bonds. The van der Waals surface area contributed by atoms with Crippen LogP contribution in [0.4, 0.5) is 0 Å². The standard InChI is InChI=1S/C14H21N3O3S2/c15-22(19,20)12-5-9-21-13(12)14(18)17-8-3-4-11(10-17)16-6-1-2-7-16/h5,9,11H,1-4,6-8,10H2,(H2,15,19,20)/t11-/m1/s1. The lowest BCUT2D eigenvalue weighted by molar-refractivity contribution is 0.0609. The molecule has 0 saturated carbocycles. The van der Waals surface area contributed by atoms with E-state index in [0.29, 0.717) is 19.1 Å². The molecular formula is C14H21N3O3S2. The molecule has 3 heterocycles. The van der Waals surface area contributed by atoms with Gasteiger partial charge in [-0.2, -0.15) is 0 Å². The van der Waals surface area contributed by atoms with Crippen molar-refractivity contribution >= 4 is 27.3 Å². The van der Waals surface area contributed by atoms with E-state index < -0.39 is 10.0 Å². The third kappa shape index (κ3) is 3.19. The summed E-state index contributed by atoms with van der Waals surface area (Å²) in [5.74, 6) is -0.206. The minimum Gasteiger partial charge on any atom is -0.336 e. The number of sulfonamides is 1. The van der Waals surface area contributed by atoms with Crippen LogP contribution < -0.4 is 5.14 Å². The molecule has 8 heteroatoms. The monoisotopic (exact) mass is 343 g/mol. The molecule has 1 aromatic rings. The number of nitrogens with zero attached hydrogens (tertiary/aromatic N) is 2. The van der Waals surface area contributed by atoms with Gasteiger partial charge in [0.2, 0.25) is 10.0 Å². The largest absolute Gasteiger partial charge is 0.336 e. The Morgan fingerprint density at radius 1 is 1.23 bits per heavy atom. The molecule has 1 aromatic heterocycles. The average molecular weight is 343 g/mol. The summed E-state index contributed by atoms with van der Waals surface area (Å²) in [6, 6.07) is 1.81. The summed E-state index contributed by atoms with van der Waals surface area (Å²) < 4.78 is 23.2. The van der Waals surface area contributed by atoms with E-state index in [9.17, 15) is 13.2 Å². The fourth-order valence-corrected chi connectivity index (χ4v) is 5.30. The Morgan fingerprint density at radius 3 is 2.64 bits per heavy atom. The van der Waals surface area contributed by atoms with Crippen LogP contribution in [0.25, 0.3) is 0 Å². The van der Waals surface area contributed by atoms with Crippen LogP contribution in [0.1, 0.15) is 35.4 Å². The van der Waals surface area contributed by atoms with Gasteiger partial charge in [-0.05, 0) is 50.2 Å². The molecular weight excluding hydrogens is 322 g/mol. The Kier molecular flexibility index (Phi) is 4.54. The first kappa shape index (κ1) is 15.9. The lowest BCUT2D eigenvalue weighted by atomic mass is 10.0. The maximum Gasteiger partial charge on any atom is 0.265 e. The molecule has 0 aliphatic carbocycles. The average Bonchev–Trinajstić information content (AvgIpc) is 3.17. The van der Waals surface area contributed by atoms with Gasteiger partial charge >= 0.3 is 0 Å². The number of hydrogen-bond acceptors (Lipinski definition) is 5. The van der Waals surface area contributed by atoms with Crippen LogP contribution in [0.15, 0.2) is 16.3 Å². The molecule has 2 aliphatic rings. The van der Waals surface area contributed by atoms with Gasteiger partial charge in [0.15, 0.2) is 0 Å². The first-order valence-electron chi connectivity index (χ1n) is 7.60. The molecule has 0 bridgehead atoms. The third-order valence-corrected chi connectivity index (χ3v) is 6.46. The van der Waals surface area contributed by atoms with Gasteiger partial charge < -0.3 is 4.90 Å². The molecule has 2 saturated heterocycles. The number of thiophene rings is 1. The van der Waals surface area contributed by atoms with Crippen LogP contribution in [0.2, 0.25) is 0 Å². The van der Waals surface area contributed by atoms with Gasteiger partial charge in [0.05, 0.1) is 0 Å². The second kappa shape index (κ2) is 6.27. The number of hydrogen-bond donors (Lipinski definition) is 1. The highest BCUT2D eigenvalue weighted by molar-refractivity contribution is 7.89. The second-order valence-corrected chi connectivity index (χ2v) is 8.40. The minimum absolute atomic E-state index is 0.0502. The van der Waals surface area contributed by atoms with Gasteiger partial charge in [0, 0.05) is 19.1 Å². The minimum atomic E-state index is -3.85. The normalized spacial score (nSPS) is 23.9. The van der Waals surface area contributed by atoms with Crippen molar-refractivity contribution in [1.82, 2.24) is 9.80 Å². The fraction of sp³-hybridized carbons (Fsp3) is 0.643. The number of rotatable bonds is 3. The maximum absolute atomic E-state index is 12.7. The first-order valence-corrected chi connectivity index (χ1v) is 10.0. The van der Waals surface area contributed by atoms with E-state index in [-0.39, 0.29) is 15.7 Å². The Labute approximate surface area is 134 Å². The highest BCUT2D eigenvalue weighted by Gasteiger charge is 2.32. The van der Waals surface area contributed by atoms with Gasteiger partial charge in [-0.3, -0.25) is 9.69 Å². The summed E-state index contributed by atoms with van der Waals surface area (Å²) in [4.78, 5) is 17.1. The van der Waals surface area contributed by atoms with Crippen LogP contribution in [0, 0.1) is 0 Å². The summed E-state index contributed by atoms with van der Waals surface area (Å²) in [6.07, 6.45) is 4.52. The number of primary sulfonamides is 1. The Bertz CT molecular complexity index is 650. The highest BCUT2D eigenvalue weighted by atomic mass is 32.2. The van der Waals surface area contributed by atoms with Gasteiger partial charge in [-0.1, -0.05) is 0 Å². The van der Waals surface area contributed by atoms with E-state index in [1.807, 2.05) is 0 Å². The quantitative estimate of drug-likeness (QED) is 0.891. The molecule has 6 nitrogen and oxygen atoms in total. The van der Waals surface area contributed by atoms with Gasteiger partial charge in [-0.15, -0.1) is 11.3 Å². The van der Waals surface area contributed by atoms with Crippen molar-refractivity contribution in [2.45, 2.75) is 36.6 Å². The van der Waals surface area contributed by atoms with Crippen molar-refractivity contribution in [3.8, 4) is 0 Å². The second-order valence-electron chi connectivity index (χ2n) is 5.95. The number of amides is 1. The van der Waals surface area contributed by atoms with E-state index in [1.165, 1.54) is 18.9 Å². The number of carbonyl (C=O) groups excluding carboxylic acids is 1. The maximum atomic E-state index is 12.7. The molecule has 0 unspecified atom stereocenters. The molecule has 2 N–H and O–H groups in total. The van der Waals surface area contributed by atoms with E-state index in [2.05, 4.69) is 4.90 Å². The molecule has 122 valence electrons. The molecule has 3 rings (SSSR count). The molecule has 2 fully saturated rings. The predicted octanol–water partition coefficient (Wildman–Crippen LogP) is 1.10. The molecule has 1 atom stereocenters. The van der Waals surface area contributed by atoms with Gasteiger partial charge in [0.1, 0.15) is 9.77 Å². The summed E-state index contributed by atoms with van der Waals surface area (Å²) in [5, 5.41) is 6.80. The molecule has 0 radical (unpaired) electrons. The zero-order chi connectivity index (χ0) is 15.7. The number of likely N-dealkylation sites (tertiary alicyclic amines) is 2. The molecule has 0 aromatic carbocycles. The number of carbonyl (C=O) groups is 1. The SMILES string of the molecule is NS(=O)(=O)c1ccsc1C(=O)N1CCC[C@@H](N2CCCC2)C1. The van der Waals surface area contributed by atoms with Crippen molar-refractivity contribution < 1.29 is 13.2 Å². The van der Waals surface area contributed by atoms with Crippen LogP contribution in [0.5, 0.6) is 0 Å². The first-order chi connectivity index (χ1) is 10.5.